The Balaban J connectivity index is 2.54. The van der Waals surface area contributed by atoms with Gasteiger partial charge in [-0.15, -0.1) is 0 Å². The molecule has 3 nitrogen and oxygen atoms in total. The fourth-order valence-electron chi connectivity index (χ4n) is 3.25. The van der Waals surface area contributed by atoms with E-state index in [0.717, 1.165) is 30.4 Å². The Morgan fingerprint density at radius 2 is 2.00 bits per heavy atom. The molecule has 0 aromatic heterocycles. The van der Waals surface area contributed by atoms with Crippen molar-refractivity contribution in [3.63, 3.8) is 0 Å². The van der Waals surface area contributed by atoms with Crippen molar-refractivity contribution in [3.8, 4) is 11.5 Å². The zero-order valence-electron chi connectivity index (χ0n) is 15.5. The summed E-state index contributed by atoms with van der Waals surface area (Å²) in [6.07, 6.45) is 5.26. The van der Waals surface area contributed by atoms with Crippen molar-refractivity contribution in [1.82, 2.24) is 0 Å². The van der Waals surface area contributed by atoms with Crippen LogP contribution in [0.1, 0.15) is 70.9 Å². The van der Waals surface area contributed by atoms with E-state index in [1.807, 2.05) is 33.8 Å². The van der Waals surface area contributed by atoms with Crippen molar-refractivity contribution in [2.45, 2.75) is 71.3 Å². The Bertz CT molecular complexity index is 653. The minimum Gasteiger partial charge on any atom is -0.512 e. The number of phenols is 1. The molecule has 24 heavy (non-hydrogen) atoms. The van der Waals surface area contributed by atoms with E-state index in [0.29, 0.717) is 5.75 Å². The number of hydrogen-bond acceptors (Lipinski definition) is 3. The molecule has 0 saturated heterocycles. The van der Waals surface area contributed by atoms with E-state index in [4.69, 9.17) is 4.74 Å². The molecular formula is C21H30O3. The van der Waals surface area contributed by atoms with Crippen LogP contribution in [0.5, 0.6) is 11.5 Å². The molecule has 0 fully saturated rings. The summed E-state index contributed by atoms with van der Waals surface area (Å²) < 4.78 is 6.04. The van der Waals surface area contributed by atoms with Crippen molar-refractivity contribution in [2.75, 3.05) is 0 Å². The first-order valence-electron chi connectivity index (χ1n) is 8.71. The molecule has 1 aliphatic rings. The monoisotopic (exact) mass is 330 g/mol. The standard InChI is InChI=1S/C21H30O3/c1-13(2)24-19-12-17(21(5,6)15(4)22)11-18(23)20(19)16-9-7-8-14(3)10-16/h8,11-13,16,22-23H,4,7,9-10H2,1-3,5-6H3. The quantitative estimate of drug-likeness (QED) is 0.534. The fourth-order valence-corrected chi connectivity index (χ4v) is 3.25. The van der Waals surface area contributed by atoms with Crippen LogP contribution in [-0.4, -0.2) is 16.3 Å². The SMILES string of the molecule is C=C(O)C(C)(C)c1cc(O)c(C2CCC=C(C)C2)c(OC(C)C)c1. The molecular weight excluding hydrogens is 300 g/mol. The van der Waals surface area contributed by atoms with Crippen LogP contribution >= 0.6 is 0 Å². The lowest BCUT2D eigenvalue weighted by molar-refractivity contribution is 0.235. The second-order valence-electron chi connectivity index (χ2n) is 7.67. The third-order valence-electron chi connectivity index (χ3n) is 4.91. The molecule has 0 aliphatic heterocycles. The maximum atomic E-state index is 10.8. The predicted octanol–water partition coefficient (Wildman–Crippen LogP) is 5.74. The van der Waals surface area contributed by atoms with Crippen molar-refractivity contribution in [1.29, 1.82) is 0 Å². The molecule has 1 aromatic carbocycles. The molecule has 0 bridgehead atoms. The van der Waals surface area contributed by atoms with Crippen LogP contribution in [-0.2, 0) is 5.41 Å². The van der Waals surface area contributed by atoms with Crippen LogP contribution in [0.15, 0.2) is 36.1 Å². The number of allylic oxidation sites excluding steroid dienone is 3. The van der Waals surface area contributed by atoms with Gasteiger partial charge >= 0.3 is 0 Å². The summed E-state index contributed by atoms with van der Waals surface area (Å²) >= 11 is 0. The number of aromatic hydroxyl groups is 1. The molecule has 3 heteroatoms. The van der Waals surface area contributed by atoms with Crippen molar-refractivity contribution in [3.05, 3.63) is 47.2 Å². The van der Waals surface area contributed by atoms with E-state index in [-0.39, 0.29) is 23.5 Å². The lowest BCUT2D eigenvalue weighted by Gasteiger charge is -2.29. The van der Waals surface area contributed by atoms with Crippen LogP contribution in [0.3, 0.4) is 0 Å². The Hall–Kier alpha value is -1.90. The molecule has 1 aromatic rings. The minimum absolute atomic E-state index is 0.0130. The third kappa shape index (κ3) is 3.77. The molecule has 1 unspecified atom stereocenters. The van der Waals surface area contributed by atoms with E-state index in [1.54, 1.807) is 6.07 Å². The summed E-state index contributed by atoms with van der Waals surface area (Å²) in [6.45, 7) is 13.5. The molecule has 0 heterocycles. The largest absolute Gasteiger partial charge is 0.512 e. The molecule has 0 saturated carbocycles. The number of benzene rings is 1. The molecule has 1 aliphatic carbocycles. The van der Waals surface area contributed by atoms with Gasteiger partial charge in [0.05, 0.1) is 11.9 Å². The van der Waals surface area contributed by atoms with E-state index in [2.05, 4.69) is 19.6 Å². The second-order valence-corrected chi connectivity index (χ2v) is 7.67. The van der Waals surface area contributed by atoms with E-state index < -0.39 is 5.41 Å². The van der Waals surface area contributed by atoms with E-state index >= 15 is 0 Å². The summed E-state index contributed by atoms with van der Waals surface area (Å²) in [6, 6.07) is 3.70. The average molecular weight is 330 g/mol. The molecule has 0 amide bonds. The molecule has 2 rings (SSSR count). The first-order valence-corrected chi connectivity index (χ1v) is 8.71. The van der Waals surface area contributed by atoms with Crippen LogP contribution in [0.2, 0.25) is 0 Å². The maximum absolute atomic E-state index is 10.8. The van der Waals surface area contributed by atoms with Gasteiger partial charge in [-0.05, 0) is 77.5 Å². The first-order chi connectivity index (χ1) is 11.1. The average Bonchev–Trinajstić information content (AvgIpc) is 2.45. The van der Waals surface area contributed by atoms with E-state index in [1.165, 1.54) is 5.57 Å². The molecule has 1 atom stereocenters. The van der Waals surface area contributed by atoms with Gasteiger partial charge in [-0.1, -0.05) is 18.2 Å². The smallest absolute Gasteiger partial charge is 0.127 e. The predicted molar refractivity (Wildman–Crippen MR) is 99.0 cm³/mol. The highest BCUT2D eigenvalue weighted by Crippen LogP contribution is 2.45. The summed E-state index contributed by atoms with van der Waals surface area (Å²) in [4.78, 5) is 0. The molecule has 132 valence electrons. The highest BCUT2D eigenvalue weighted by atomic mass is 16.5. The highest BCUT2D eigenvalue weighted by Gasteiger charge is 2.30. The topological polar surface area (TPSA) is 49.7 Å². The van der Waals surface area contributed by atoms with Gasteiger partial charge < -0.3 is 14.9 Å². The van der Waals surface area contributed by atoms with Crippen LogP contribution < -0.4 is 4.74 Å². The number of rotatable bonds is 5. The number of ether oxygens (including phenoxy) is 1. The van der Waals surface area contributed by atoms with Crippen LogP contribution in [0.4, 0.5) is 0 Å². The van der Waals surface area contributed by atoms with Gasteiger partial charge in [0.2, 0.25) is 0 Å². The normalized spacial score (nSPS) is 18.4. The minimum atomic E-state index is -0.645. The van der Waals surface area contributed by atoms with Gasteiger partial charge in [0, 0.05) is 11.0 Å². The van der Waals surface area contributed by atoms with Gasteiger partial charge in [0.25, 0.3) is 0 Å². The first kappa shape index (κ1) is 18.4. The summed E-state index contributed by atoms with van der Waals surface area (Å²) in [5, 5.41) is 20.7. The lowest BCUT2D eigenvalue weighted by Crippen LogP contribution is -2.20. The number of phenolic OH excluding ortho intramolecular Hbond substituents is 1. The van der Waals surface area contributed by atoms with Crippen molar-refractivity contribution < 1.29 is 14.9 Å². The summed E-state index contributed by atoms with van der Waals surface area (Å²) in [5.74, 6) is 1.30. The Morgan fingerprint density at radius 3 is 2.54 bits per heavy atom. The lowest BCUT2D eigenvalue weighted by atomic mass is 9.79. The Labute approximate surface area is 145 Å². The number of aliphatic hydroxyl groups excluding tert-OH is 1. The zero-order valence-corrected chi connectivity index (χ0v) is 15.5. The molecule has 0 radical (unpaired) electrons. The maximum Gasteiger partial charge on any atom is 0.127 e. The zero-order chi connectivity index (χ0) is 18.1. The highest BCUT2D eigenvalue weighted by molar-refractivity contribution is 5.53. The third-order valence-corrected chi connectivity index (χ3v) is 4.91. The molecule has 2 N–H and O–H groups in total. The fraction of sp³-hybridized carbons (Fsp3) is 0.524. The van der Waals surface area contributed by atoms with Crippen LogP contribution in [0, 0.1) is 0 Å². The second kappa shape index (κ2) is 6.92. The van der Waals surface area contributed by atoms with E-state index in [9.17, 15) is 10.2 Å². The van der Waals surface area contributed by atoms with Crippen LogP contribution in [0.25, 0.3) is 0 Å². The summed E-state index contributed by atoms with van der Waals surface area (Å²) in [5.41, 5.74) is 2.40. The number of aliphatic hydroxyl groups is 1. The van der Waals surface area contributed by atoms with Gasteiger partial charge in [-0.2, -0.15) is 0 Å². The Kier molecular flexibility index (Phi) is 5.32. The van der Waals surface area contributed by atoms with Gasteiger partial charge in [-0.25, -0.2) is 0 Å². The number of hydrogen-bond donors (Lipinski definition) is 2. The van der Waals surface area contributed by atoms with Gasteiger partial charge in [-0.3, -0.25) is 0 Å². The van der Waals surface area contributed by atoms with Crippen molar-refractivity contribution >= 4 is 0 Å². The van der Waals surface area contributed by atoms with Gasteiger partial charge in [0.1, 0.15) is 11.5 Å². The Morgan fingerprint density at radius 1 is 1.33 bits per heavy atom. The van der Waals surface area contributed by atoms with Crippen molar-refractivity contribution in [2.24, 2.45) is 0 Å². The summed E-state index contributed by atoms with van der Waals surface area (Å²) in [7, 11) is 0. The van der Waals surface area contributed by atoms with Gasteiger partial charge in [0.15, 0.2) is 0 Å². The molecule has 0 spiro atoms.